The summed E-state index contributed by atoms with van der Waals surface area (Å²) >= 11 is 0. The van der Waals surface area contributed by atoms with Gasteiger partial charge in [0.2, 0.25) is 0 Å². The summed E-state index contributed by atoms with van der Waals surface area (Å²) in [5.41, 5.74) is 2.36. The van der Waals surface area contributed by atoms with Gasteiger partial charge in [0.05, 0.1) is 6.61 Å². The van der Waals surface area contributed by atoms with Gasteiger partial charge in [0.1, 0.15) is 0 Å². The first kappa shape index (κ1) is 10.2. The highest BCUT2D eigenvalue weighted by molar-refractivity contribution is 5.26. The standard InChI is InChI=1S/C11H16O2/c1-2-13-9-11-6-4-3-5-10(11)7-8-12/h3-6,12H,2,7-9H2,1H3. The molecule has 0 unspecified atom stereocenters. The number of aliphatic hydroxyl groups excluding tert-OH is 1. The smallest absolute Gasteiger partial charge is 0.0719 e. The van der Waals surface area contributed by atoms with E-state index in [4.69, 9.17) is 9.84 Å². The van der Waals surface area contributed by atoms with Crippen molar-refractivity contribution >= 4 is 0 Å². The van der Waals surface area contributed by atoms with E-state index in [1.807, 2.05) is 31.2 Å². The molecule has 0 aromatic heterocycles. The second kappa shape index (κ2) is 5.73. The summed E-state index contributed by atoms with van der Waals surface area (Å²) < 4.78 is 5.32. The lowest BCUT2D eigenvalue weighted by molar-refractivity contribution is 0.133. The van der Waals surface area contributed by atoms with Crippen LogP contribution in [-0.4, -0.2) is 18.3 Å². The average Bonchev–Trinajstić information content (AvgIpc) is 2.17. The van der Waals surface area contributed by atoms with Gasteiger partial charge in [0, 0.05) is 13.2 Å². The van der Waals surface area contributed by atoms with E-state index in [9.17, 15) is 0 Å². The molecule has 0 atom stereocenters. The topological polar surface area (TPSA) is 29.5 Å². The summed E-state index contributed by atoms with van der Waals surface area (Å²) in [5, 5.41) is 8.83. The Balaban J connectivity index is 2.66. The van der Waals surface area contributed by atoms with E-state index < -0.39 is 0 Å². The SMILES string of the molecule is CCOCc1ccccc1CCO. The molecule has 1 rings (SSSR count). The number of ether oxygens (including phenoxy) is 1. The fraction of sp³-hybridized carbons (Fsp3) is 0.455. The zero-order chi connectivity index (χ0) is 9.52. The molecule has 0 fully saturated rings. The highest BCUT2D eigenvalue weighted by Gasteiger charge is 1.99. The molecule has 0 amide bonds. The van der Waals surface area contributed by atoms with Crippen LogP contribution < -0.4 is 0 Å². The molecule has 13 heavy (non-hydrogen) atoms. The second-order valence-electron chi connectivity index (χ2n) is 2.88. The molecular weight excluding hydrogens is 164 g/mol. The molecule has 0 saturated heterocycles. The average molecular weight is 180 g/mol. The number of benzene rings is 1. The maximum atomic E-state index is 8.83. The second-order valence-corrected chi connectivity index (χ2v) is 2.88. The Labute approximate surface area is 79.2 Å². The van der Waals surface area contributed by atoms with Gasteiger partial charge in [-0.15, -0.1) is 0 Å². The quantitative estimate of drug-likeness (QED) is 0.748. The Kier molecular flexibility index (Phi) is 4.50. The fourth-order valence-electron chi connectivity index (χ4n) is 1.27. The summed E-state index contributed by atoms with van der Waals surface area (Å²) in [4.78, 5) is 0. The van der Waals surface area contributed by atoms with Gasteiger partial charge >= 0.3 is 0 Å². The van der Waals surface area contributed by atoms with Crippen LogP contribution in [0.1, 0.15) is 18.1 Å². The number of aliphatic hydroxyl groups is 1. The van der Waals surface area contributed by atoms with Gasteiger partial charge in [-0.05, 0) is 24.5 Å². The summed E-state index contributed by atoms with van der Waals surface area (Å²) in [6, 6.07) is 8.06. The van der Waals surface area contributed by atoms with Crippen LogP contribution in [0, 0.1) is 0 Å². The molecule has 0 heterocycles. The summed E-state index contributed by atoms with van der Waals surface area (Å²) in [7, 11) is 0. The van der Waals surface area contributed by atoms with Gasteiger partial charge in [-0.3, -0.25) is 0 Å². The molecule has 1 N–H and O–H groups in total. The van der Waals surface area contributed by atoms with Crippen molar-refractivity contribution in [3.05, 3.63) is 35.4 Å². The van der Waals surface area contributed by atoms with Crippen LogP contribution in [0.2, 0.25) is 0 Å². The molecule has 0 aliphatic rings. The molecule has 0 saturated carbocycles. The first-order chi connectivity index (χ1) is 6.38. The zero-order valence-corrected chi connectivity index (χ0v) is 7.99. The van der Waals surface area contributed by atoms with Crippen molar-refractivity contribution in [2.75, 3.05) is 13.2 Å². The Bertz CT molecular complexity index is 246. The normalized spacial score (nSPS) is 10.3. The Morgan fingerprint density at radius 1 is 1.23 bits per heavy atom. The van der Waals surface area contributed by atoms with E-state index in [0.29, 0.717) is 13.0 Å². The van der Waals surface area contributed by atoms with E-state index in [0.717, 1.165) is 6.61 Å². The van der Waals surface area contributed by atoms with Crippen LogP contribution in [0.25, 0.3) is 0 Å². The van der Waals surface area contributed by atoms with Gasteiger partial charge in [-0.1, -0.05) is 24.3 Å². The molecule has 1 aromatic carbocycles. The van der Waals surface area contributed by atoms with Crippen LogP contribution in [0.15, 0.2) is 24.3 Å². The van der Waals surface area contributed by atoms with Gasteiger partial charge in [0.15, 0.2) is 0 Å². The van der Waals surface area contributed by atoms with Crippen LogP contribution >= 0.6 is 0 Å². The van der Waals surface area contributed by atoms with Gasteiger partial charge in [-0.2, -0.15) is 0 Å². The minimum absolute atomic E-state index is 0.198. The number of hydrogen-bond acceptors (Lipinski definition) is 2. The molecule has 1 aromatic rings. The largest absolute Gasteiger partial charge is 0.396 e. The minimum Gasteiger partial charge on any atom is -0.396 e. The molecule has 0 spiro atoms. The summed E-state index contributed by atoms with van der Waals surface area (Å²) in [6.07, 6.45) is 0.712. The van der Waals surface area contributed by atoms with E-state index in [1.165, 1.54) is 11.1 Å². The van der Waals surface area contributed by atoms with Crippen LogP contribution in [0.5, 0.6) is 0 Å². The predicted molar refractivity (Wildman–Crippen MR) is 52.6 cm³/mol. The zero-order valence-electron chi connectivity index (χ0n) is 7.99. The molecule has 2 heteroatoms. The maximum Gasteiger partial charge on any atom is 0.0719 e. The van der Waals surface area contributed by atoms with Gasteiger partial charge in [-0.25, -0.2) is 0 Å². The molecule has 2 nitrogen and oxygen atoms in total. The Morgan fingerprint density at radius 3 is 2.54 bits per heavy atom. The lowest BCUT2D eigenvalue weighted by Gasteiger charge is -2.07. The van der Waals surface area contributed by atoms with Crippen LogP contribution in [0.3, 0.4) is 0 Å². The highest BCUT2D eigenvalue weighted by atomic mass is 16.5. The van der Waals surface area contributed by atoms with Gasteiger partial charge < -0.3 is 9.84 Å². The predicted octanol–water partition coefficient (Wildman–Crippen LogP) is 1.76. The lowest BCUT2D eigenvalue weighted by Crippen LogP contribution is -1.99. The molecule has 72 valence electrons. The summed E-state index contributed by atoms with van der Waals surface area (Å²) in [6.45, 7) is 3.55. The monoisotopic (exact) mass is 180 g/mol. The third kappa shape index (κ3) is 3.17. The number of hydrogen-bond donors (Lipinski definition) is 1. The van der Waals surface area contributed by atoms with Crippen molar-refractivity contribution in [3.63, 3.8) is 0 Å². The molecule has 0 aliphatic heterocycles. The van der Waals surface area contributed by atoms with E-state index in [-0.39, 0.29) is 6.61 Å². The van der Waals surface area contributed by atoms with E-state index in [2.05, 4.69) is 0 Å². The third-order valence-corrected chi connectivity index (χ3v) is 1.96. The van der Waals surface area contributed by atoms with Crippen LogP contribution in [0.4, 0.5) is 0 Å². The molecule has 0 radical (unpaired) electrons. The van der Waals surface area contributed by atoms with Crippen molar-refractivity contribution < 1.29 is 9.84 Å². The van der Waals surface area contributed by atoms with Crippen molar-refractivity contribution in [2.45, 2.75) is 20.0 Å². The van der Waals surface area contributed by atoms with Crippen molar-refractivity contribution in [1.82, 2.24) is 0 Å². The Morgan fingerprint density at radius 2 is 1.92 bits per heavy atom. The lowest BCUT2D eigenvalue weighted by atomic mass is 10.1. The fourth-order valence-corrected chi connectivity index (χ4v) is 1.27. The van der Waals surface area contributed by atoms with Crippen molar-refractivity contribution in [3.8, 4) is 0 Å². The molecule has 0 aliphatic carbocycles. The Hall–Kier alpha value is -0.860. The third-order valence-electron chi connectivity index (χ3n) is 1.96. The number of rotatable bonds is 5. The first-order valence-electron chi connectivity index (χ1n) is 4.64. The highest BCUT2D eigenvalue weighted by Crippen LogP contribution is 2.10. The molecule has 0 bridgehead atoms. The van der Waals surface area contributed by atoms with Crippen LogP contribution in [-0.2, 0) is 17.8 Å². The van der Waals surface area contributed by atoms with E-state index >= 15 is 0 Å². The van der Waals surface area contributed by atoms with Gasteiger partial charge in [0.25, 0.3) is 0 Å². The maximum absolute atomic E-state index is 8.83. The molecular formula is C11H16O2. The summed E-state index contributed by atoms with van der Waals surface area (Å²) in [5.74, 6) is 0. The minimum atomic E-state index is 0.198. The van der Waals surface area contributed by atoms with Crippen molar-refractivity contribution in [1.29, 1.82) is 0 Å². The van der Waals surface area contributed by atoms with Crippen molar-refractivity contribution in [2.24, 2.45) is 0 Å². The van der Waals surface area contributed by atoms with E-state index in [1.54, 1.807) is 0 Å². The first-order valence-corrected chi connectivity index (χ1v) is 4.64.